The topological polar surface area (TPSA) is 71.5 Å². The number of hydrogen-bond donors (Lipinski definition) is 0. The quantitative estimate of drug-likeness (QED) is 0.634. The third kappa shape index (κ3) is 5.14. The SMILES string of the molecule is CS(=O)(=O)CCS(=O)(=O)N(CCBr)C1CCCC1. The van der Waals surface area contributed by atoms with E-state index in [1.165, 1.54) is 4.31 Å². The molecule has 0 bridgehead atoms. The number of nitrogens with zero attached hydrogens (tertiary/aromatic N) is 1. The molecule has 0 N–H and O–H groups in total. The summed E-state index contributed by atoms with van der Waals surface area (Å²) >= 11 is 3.26. The second-order valence-electron chi connectivity index (χ2n) is 4.68. The highest BCUT2D eigenvalue weighted by atomic mass is 79.9. The van der Waals surface area contributed by atoms with Crippen molar-refractivity contribution in [2.24, 2.45) is 0 Å². The number of hydrogen-bond acceptors (Lipinski definition) is 4. The van der Waals surface area contributed by atoms with E-state index < -0.39 is 19.9 Å². The lowest BCUT2D eigenvalue weighted by molar-refractivity contribution is 0.338. The highest BCUT2D eigenvalue weighted by molar-refractivity contribution is 9.09. The molecule has 0 radical (unpaired) electrons. The molecule has 0 heterocycles. The first-order chi connectivity index (χ1) is 8.26. The second kappa shape index (κ2) is 6.67. The first-order valence-electron chi connectivity index (χ1n) is 5.99. The van der Waals surface area contributed by atoms with Gasteiger partial charge in [0.1, 0.15) is 9.84 Å². The maximum atomic E-state index is 12.2. The number of sulfone groups is 1. The molecule has 8 heteroatoms. The van der Waals surface area contributed by atoms with Crippen LogP contribution in [0.3, 0.4) is 0 Å². The third-order valence-electron chi connectivity index (χ3n) is 3.11. The van der Waals surface area contributed by atoms with Crippen LogP contribution < -0.4 is 0 Å². The molecule has 108 valence electrons. The van der Waals surface area contributed by atoms with E-state index in [4.69, 9.17) is 0 Å². The second-order valence-corrected chi connectivity index (χ2v) is 9.78. The zero-order valence-electron chi connectivity index (χ0n) is 10.5. The summed E-state index contributed by atoms with van der Waals surface area (Å²) in [7, 11) is -6.72. The van der Waals surface area contributed by atoms with Gasteiger partial charge in [-0.1, -0.05) is 28.8 Å². The van der Waals surface area contributed by atoms with Gasteiger partial charge in [-0.15, -0.1) is 0 Å². The van der Waals surface area contributed by atoms with Crippen LogP contribution in [0.1, 0.15) is 25.7 Å². The van der Waals surface area contributed by atoms with Crippen molar-refractivity contribution >= 4 is 35.8 Å². The Balaban J connectivity index is 2.76. The third-order valence-corrected chi connectivity index (χ3v) is 6.58. The van der Waals surface area contributed by atoms with E-state index >= 15 is 0 Å². The normalized spacial score (nSPS) is 18.6. The fourth-order valence-corrected chi connectivity index (χ4v) is 6.14. The van der Waals surface area contributed by atoms with Crippen molar-refractivity contribution in [3.05, 3.63) is 0 Å². The number of sulfonamides is 1. The summed E-state index contributed by atoms with van der Waals surface area (Å²) in [6.07, 6.45) is 4.92. The van der Waals surface area contributed by atoms with Crippen molar-refractivity contribution in [3.63, 3.8) is 0 Å². The van der Waals surface area contributed by atoms with Gasteiger partial charge in [0.15, 0.2) is 0 Å². The lowest BCUT2D eigenvalue weighted by Crippen LogP contribution is -2.42. The van der Waals surface area contributed by atoms with E-state index in [1.54, 1.807) is 0 Å². The van der Waals surface area contributed by atoms with Crippen LogP contribution in [0, 0.1) is 0 Å². The Morgan fingerprint density at radius 3 is 2.11 bits per heavy atom. The maximum Gasteiger partial charge on any atom is 0.215 e. The van der Waals surface area contributed by atoms with E-state index in [0.717, 1.165) is 31.9 Å². The summed E-state index contributed by atoms with van der Waals surface area (Å²) in [5.74, 6) is -0.615. The van der Waals surface area contributed by atoms with E-state index in [1.807, 2.05) is 0 Å². The molecule has 0 saturated heterocycles. The monoisotopic (exact) mass is 361 g/mol. The van der Waals surface area contributed by atoms with E-state index in [9.17, 15) is 16.8 Å². The van der Waals surface area contributed by atoms with Crippen LogP contribution in [-0.2, 0) is 19.9 Å². The highest BCUT2D eigenvalue weighted by Crippen LogP contribution is 2.26. The van der Waals surface area contributed by atoms with Gasteiger partial charge < -0.3 is 0 Å². The van der Waals surface area contributed by atoms with Crippen molar-refractivity contribution < 1.29 is 16.8 Å². The zero-order chi connectivity index (χ0) is 13.8. The minimum atomic E-state index is -3.48. The van der Waals surface area contributed by atoms with Crippen LogP contribution in [0.2, 0.25) is 0 Å². The summed E-state index contributed by atoms with van der Waals surface area (Å²) in [6.45, 7) is 0.413. The molecule has 0 amide bonds. The van der Waals surface area contributed by atoms with Crippen LogP contribution in [0.15, 0.2) is 0 Å². The molecule has 18 heavy (non-hydrogen) atoms. The fourth-order valence-electron chi connectivity index (χ4n) is 2.20. The zero-order valence-corrected chi connectivity index (χ0v) is 13.7. The summed E-state index contributed by atoms with van der Waals surface area (Å²) in [6, 6.07) is 0.0483. The Morgan fingerprint density at radius 2 is 1.67 bits per heavy atom. The molecule has 0 aliphatic heterocycles. The molecular formula is C10H20BrNO4S2. The summed E-state index contributed by atoms with van der Waals surface area (Å²) in [5, 5.41) is 0.571. The molecule has 0 spiro atoms. The van der Waals surface area contributed by atoms with Gasteiger partial charge in [0.05, 0.1) is 11.5 Å². The lowest BCUT2D eigenvalue weighted by Gasteiger charge is -2.27. The summed E-state index contributed by atoms with van der Waals surface area (Å²) in [4.78, 5) is 0. The molecule has 0 aromatic carbocycles. The van der Waals surface area contributed by atoms with Crippen molar-refractivity contribution in [1.82, 2.24) is 4.31 Å². The Labute approximate surface area is 118 Å². The molecule has 1 fully saturated rings. The van der Waals surface area contributed by atoms with Gasteiger partial charge in [0, 0.05) is 24.2 Å². The molecule has 0 atom stereocenters. The molecule has 5 nitrogen and oxygen atoms in total. The molecule has 0 aromatic rings. The average molecular weight is 362 g/mol. The predicted molar refractivity (Wildman–Crippen MR) is 76.3 cm³/mol. The molecule has 1 aliphatic rings. The van der Waals surface area contributed by atoms with Crippen LogP contribution >= 0.6 is 15.9 Å². The van der Waals surface area contributed by atoms with Crippen LogP contribution in [0.5, 0.6) is 0 Å². The minimum Gasteiger partial charge on any atom is -0.229 e. The summed E-state index contributed by atoms with van der Waals surface area (Å²) in [5.41, 5.74) is 0. The molecule has 0 aromatic heterocycles. The first kappa shape index (κ1) is 16.4. The summed E-state index contributed by atoms with van der Waals surface area (Å²) < 4.78 is 48.1. The standard InChI is InChI=1S/C10H20BrNO4S2/c1-17(13,14)8-9-18(15,16)12(7-6-11)10-4-2-3-5-10/h10H,2-9H2,1H3. The fraction of sp³-hybridized carbons (Fsp3) is 1.00. The Kier molecular flexibility index (Phi) is 6.08. The van der Waals surface area contributed by atoms with E-state index in [-0.39, 0.29) is 17.5 Å². The Hall–Kier alpha value is 0.340. The molecule has 1 saturated carbocycles. The lowest BCUT2D eigenvalue weighted by atomic mass is 10.2. The predicted octanol–water partition coefficient (Wildman–Crippen LogP) is 1.00. The Morgan fingerprint density at radius 1 is 1.11 bits per heavy atom. The van der Waals surface area contributed by atoms with Gasteiger partial charge in [0.2, 0.25) is 10.0 Å². The van der Waals surface area contributed by atoms with Gasteiger partial charge in [-0.2, -0.15) is 4.31 Å². The van der Waals surface area contributed by atoms with Crippen molar-refractivity contribution in [3.8, 4) is 0 Å². The molecule has 1 aliphatic carbocycles. The first-order valence-corrected chi connectivity index (χ1v) is 10.8. The van der Waals surface area contributed by atoms with Gasteiger partial charge in [0.25, 0.3) is 0 Å². The van der Waals surface area contributed by atoms with Crippen LogP contribution in [0.25, 0.3) is 0 Å². The van der Waals surface area contributed by atoms with E-state index in [0.29, 0.717) is 11.9 Å². The van der Waals surface area contributed by atoms with Gasteiger partial charge >= 0.3 is 0 Å². The van der Waals surface area contributed by atoms with Crippen molar-refractivity contribution in [1.29, 1.82) is 0 Å². The van der Waals surface area contributed by atoms with Crippen molar-refractivity contribution in [2.75, 3.05) is 29.6 Å². The van der Waals surface area contributed by atoms with Crippen molar-refractivity contribution in [2.45, 2.75) is 31.7 Å². The van der Waals surface area contributed by atoms with E-state index in [2.05, 4.69) is 15.9 Å². The largest absolute Gasteiger partial charge is 0.229 e. The molecular weight excluding hydrogens is 342 g/mol. The maximum absolute atomic E-state index is 12.2. The van der Waals surface area contributed by atoms with Gasteiger partial charge in [-0.3, -0.25) is 0 Å². The van der Waals surface area contributed by atoms with Crippen LogP contribution in [0.4, 0.5) is 0 Å². The number of rotatable bonds is 7. The molecule has 1 rings (SSSR count). The Bertz CT molecular complexity index is 454. The van der Waals surface area contributed by atoms with Crippen LogP contribution in [-0.4, -0.2) is 56.8 Å². The average Bonchev–Trinajstić information content (AvgIpc) is 2.75. The number of halogens is 1. The molecule has 0 unspecified atom stereocenters. The smallest absolute Gasteiger partial charge is 0.215 e. The number of alkyl halides is 1. The van der Waals surface area contributed by atoms with Gasteiger partial charge in [-0.05, 0) is 12.8 Å². The highest BCUT2D eigenvalue weighted by Gasteiger charge is 2.31. The minimum absolute atomic E-state index is 0.0483. The van der Waals surface area contributed by atoms with Gasteiger partial charge in [-0.25, -0.2) is 16.8 Å².